The van der Waals surface area contributed by atoms with E-state index in [1.54, 1.807) is 0 Å². The molecule has 7 nitrogen and oxygen atoms in total. The van der Waals surface area contributed by atoms with Gasteiger partial charge in [0.2, 0.25) is 10.0 Å². The van der Waals surface area contributed by atoms with E-state index < -0.39 is 10.0 Å². The summed E-state index contributed by atoms with van der Waals surface area (Å²) in [6, 6.07) is 0. The highest BCUT2D eigenvalue weighted by atomic mass is 32.2. The van der Waals surface area contributed by atoms with Crippen molar-refractivity contribution in [1.82, 2.24) is 14.3 Å². The van der Waals surface area contributed by atoms with Crippen LogP contribution in [0.3, 0.4) is 0 Å². The molecule has 2 heterocycles. The maximum absolute atomic E-state index is 11.4. The van der Waals surface area contributed by atoms with Crippen LogP contribution in [0.5, 0.6) is 11.8 Å². The first-order chi connectivity index (χ1) is 8.50. The second-order valence-corrected chi connectivity index (χ2v) is 6.00. The van der Waals surface area contributed by atoms with Gasteiger partial charge in [-0.15, -0.1) is 0 Å². The Balaban J connectivity index is 2.04. The largest absolute Gasteiger partial charge is 0.477 e. The SMILES string of the molecule is COc1nccnc1O[C@H]1CCN(S(C)(=O)=O)C1. The van der Waals surface area contributed by atoms with Crippen LogP contribution in [-0.2, 0) is 10.0 Å². The Morgan fingerprint density at radius 2 is 2.00 bits per heavy atom. The Labute approximate surface area is 106 Å². The lowest BCUT2D eigenvalue weighted by atomic mass is 10.3. The van der Waals surface area contributed by atoms with Crippen molar-refractivity contribution in [3.8, 4) is 11.8 Å². The zero-order chi connectivity index (χ0) is 13.2. The highest BCUT2D eigenvalue weighted by Gasteiger charge is 2.30. The Bertz CT molecular complexity index is 520. The van der Waals surface area contributed by atoms with Crippen LogP contribution in [0.4, 0.5) is 0 Å². The van der Waals surface area contributed by atoms with Gasteiger partial charge in [-0.05, 0) is 6.42 Å². The molecular weight excluding hydrogens is 258 g/mol. The van der Waals surface area contributed by atoms with Gasteiger partial charge in [0.25, 0.3) is 11.8 Å². The van der Waals surface area contributed by atoms with Gasteiger partial charge in [-0.2, -0.15) is 4.31 Å². The lowest BCUT2D eigenvalue weighted by molar-refractivity contribution is 0.194. The van der Waals surface area contributed by atoms with Gasteiger partial charge in [0.05, 0.1) is 19.9 Å². The Kier molecular flexibility index (Phi) is 3.67. The van der Waals surface area contributed by atoms with Crippen molar-refractivity contribution in [2.45, 2.75) is 12.5 Å². The third-order valence-corrected chi connectivity index (χ3v) is 3.95. The second-order valence-electron chi connectivity index (χ2n) is 4.02. The maximum atomic E-state index is 11.4. The molecule has 0 radical (unpaired) electrons. The zero-order valence-corrected chi connectivity index (χ0v) is 11.1. The first kappa shape index (κ1) is 13.0. The molecule has 0 amide bonds. The topological polar surface area (TPSA) is 81.6 Å². The molecule has 0 spiro atoms. The number of hydrogen-bond donors (Lipinski definition) is 0. The summed E-state index contributed by atoms with van der Waals surface area (Å²) in [5.41, 5.74) is 0. The van der Waals surface area contributed by atoms with Crippen LogP contribution in [0.25, 0.3) is 0 Å². The minimum absolute atomic E-state index is 0.217. The minimum atomic E-state index is -3.16. The van der Waals surface area contributed by atoms with E-state index in [1.807, 2.05) is 0 Å². The fourth-order valence-corrected chi connectivity index (χ4v) is 2.66. The number of methoxy groups -OCH3 is 1. The van der Waals surface area contributed by atoms with Crippen LogP contribution >= 0.6 is 0 Å². The van der Waals surface area contributed by atoms with Gasteiger partial charge in [-0.3, -0.25) is 0 Å². The summed E-state index contributed by atoms with van der Waals surface area (Å²) in [5.74, 6) is 0.593. The van der Waals surface area contributed by atoms with Gasteiger partial charge < -0.3 is 9.47 Å². The fraction of sp³-hybridized carbons (Fsp3) is 0.600. The third-order valence-electron chi connectivity index (χ3n) is 2.68. The van der Waals surface area contributed by atoms with Gasteiger partial charge in [0.15, 0.2) is 0 Å². The van der Waals surface area contributed by atoms with Gasteiger partial charge in [-0.1, -0.05) is 0 Å². The van der Waals surface area contributed by atoms with Crippen LogP contribution in [0, 0.1) is 0 Å². The molecular formula is C10H15N3O4S. The van der Waals surface area contributed by atoms with Crippen LogP contribution in [0.2, 0.25) is 0 Å². The average Bonchev–Trinajstić information content (AvgIpc) is 2.78. The number of ether oxygens (including phenoxy) is 2. The van der Waals surface area contributed by atoms with Gasteiger partial charge in [0.1, 0.15) is 6.10 Å². The molecule has 1 aliphatic heterocycles. The molecule has 0 N–H and O–H groups in total. The van der Waals surface area contributed by atoms with E-state index in [0.29, 0.717) is 31.3 Å². The molecule has 0 unspecified atom stereocenters. The molecule has 0 bridgehead atoms. The van der Waals surface area contributed by atoms with E-state index in [0.717, 1.165) is 0 Å². The maximum Gasteiger partial charge on any atom is 0.278 e. The van der Waals surface area contributed by atoms with E-state index in [4.69, 9.17) is 9.47 Å². The fourth-order valence-electron chi connectivity index (χ4n) is 1.79. The Hall–Kier alpha value is -1.41. The molecule has 0 aliphatic carbocycles. The molecule has 0 saturated carbocycles. The quantitative estimate of drug-likeness (QED) is 0.762. The van der Waals surface area contributed by atoms with E-state index in [9.17, 15) is 8.42 Å². The molecule has 1 saturated heterocycles. The molecule has 2 rings (SSSR count). The lowest BCUT2D eigenvalue weighted by Crippen LogP contribution is -2.30. The smallest absolute Gasteiger partial charge is 0.278 e. The Morgan fingerprint density at radius 3 is 2.56 bits per heavy atom. The van der Waals surface area contributed by atoms with E-state index in [-0.39, 0.29) is 6.10 Å². The van der Waals surface area contributed by atoms with E-state index in [1.165, 1.54) is 30.1 Å². The Morgan fingerprint density at radius 1 is 1.33 bits per heavy atom. The van der Waals surface area contributed by atoms with E-state index in [2.05, 4.69) is 9.97 Å². The summed E-state index contributed by atoms with van der Waals surface area (Å²) >= 11 is 0. The van der Waals surface area contributed by atoms with Crippen molar-refractivity contribution < 1.29 is 17.9 Å². The molecule has 1 aromatic rings. The number of nitrogens with zero attached hydrogens (tertiary/aromatic N) is 3. The van der Waals surface area contributed by atoms with Crippen LogP contribution in [0.15, 0.2) is 12.4 Å². The van der Waals surface area contributed by atoms with Crippen molar-refractivity contribution in [2.24, 2.45) is 0 Å². The van der Waals surface area contributed by atoms with Crippen LogP contribution < -0.4 is 9.47 Å². The molecule has 1 fully saturated rings. The van der Waals surface area contributed by atoms with Crippen LogP contribution in [0.1, 0.15) is 6.42 Å². The molecule has 0 aromatic carbocycles. The van der Waals surface area contributed by atoms with E-state index >= 15 is 0 Å². The molecule has 100 valence electrons. The van der Waals surface area contributed by atoms with Gasteiger partial charge in [-0.25, -0.2) is 18.4 Å². The normalized spacial score (nSPS) is 20.9. The first-order valence-electron chi connectivity index (χ1n) is 5.47. The number of aromatic nitrogens is 2. The molecule has 18 heavy (non-hydrogen) atoms. The summed E-state index contributed by atoms with van der Waals surface area (Å²) in [7, 11) is -1.68. The second kappa shape index (κ2) is 5.07. The minimum Gasteiger partial charge on any atom is -0.477 e. The predicted molar refractivity (Wildman–Crippen MR) is 64.0 cm³/mol. The third kappa shape index (κ3) is 2.88. The van der Waals surface area contributed by atoms with Crippen molar-refractivity contribution >= 4 is 10.0 Å². The van der Waals surface area contributed by atoms with Gasteiger partial charge in [0, 0.05) is 18.9 Å². The zero-order valence-electron chi connectivity index (χ0n) is 10.2. The molecule has 1 aliphatic rings. The van der Waals surface area contributed by atoms with Crippen molar-refractivity contribution in [3.63, 3.8) is 0 Å². The number of hydrogen-bond acceptors (Lipinski definition) is 6. The van der Waals surface area contributed by atoms with Gasteiger partial charge >= 0.3 is 0 Å². The highest BCUT2D eigenvalue weighted by molar-refractivity contribution is 7.88. The van der Waals surface area contributed by atoms with Crippen molar-refractivity contribution in [1.29, 1.82) is 0 Å². The highest BCUT2D eigenvalue weighted by Crippen LogP contribution is 2.24. The first-order valence-corrected chi connectivity index (χ1v) is 7.32. The van der Waals surface area contributed by atoms with Crippen molar-refractivity contribution in [2.75, 3.05) is 26.5 Å². The number of sulfonamides is 1. The molecule has 8 heteroatoms. The predicted octanol–water partition coefficient (Wildman–Crippen LogP) is -0.102. The lowest BCUT2D eigenvalue weighted by Gasteiger charge is -2.15. The van der Waals surface area contributed by atoms with Crippen LogP contribution in [-0.4, -0.2) is 55.3 Å². The van der Waals surface area contributed by atoms with Crippen molar-refractivity contribution in [3.05, 3.63) is 12.4 Å². The monoisotopic (exact) mass is 273 g/mol. The summed E-state index contributed by atoms with van der Waals surface area (Å²) in [6.45, 7) is 0.796. The summed E-state index contributed by atoms with van der Waals surface area (Å²) in [6.07, 6.45) is 4.61. The summed E-state index contributed by atoms with van der Waals surface area (Å²) in [5, 5.41) is 0. The summed E-state index contributed by atoms with van der Waals surface area (Å²) < 4.78 is 34.8. The standard InChI is InChI=1S/C10H15N3O4S/c1-16-9-10(12-5-4-11-9)17-8-3-6-13(7-8)18(2,14)15/h4-5,8H,3,6-7H2,1-2H3/t8-/m0/s1. The molecule has 1 atom stereocenters. The average molecular weight is 273 g/mol. The molecule has 1 aromatic heterocycles. The number of rotatable bonds is 4. The summed E-state index contributed by atoms with van der Waals surface area (Å²) in [4.78, 5) is 7.99.